The fraction of sp³-hybridized carbons (Fsp3) is 0.300. The first-order valence-corrected chi connectivity index (χ1v) is 8.68. The highest BCUT2D eigenvalue weighted by Gasteiger charge is 2.34. The van der Waals surface area contributed by atoms with E-state index in [2.05, 4.69) is 0 Å². The van der Waals surface area contributed by atoms with Gasteiger partial charge in [0, 0.05) is 0 Å². The molecule has 0 bridgehead atoms. The Bertz CT molecular complexity index is 684. The molecule has 28 heavy (non-hydrogen) atoms. The minimum absolute atomic E-state index is 0.200. The molecule has 3 rings (SSSR count). The van der Waals surface area contributed by atoms with E-state index in [0.717, 1.165) is 0 Å². The lowest BCUT2D eigenvalue weighted by Gasteiger charge is -2.30. The van der Waals surface area contributed by atoms with Crippen molar-refractivity contribution in [2.24, 2.45) is 0 Å². The Morgan fingerprint density at radius 2 is 1.11 bits per heavy atom. The molecule has 0 aliphatic carbocycles. The van der Waals surface area contributed by atoms with E-state index < -0.39 is 24.5 Å². The van der Waals surface area contributed by atoms with Crippen LogP contribution in [-0.2, 0) is 28.5 Å². The third-order valence-electron chi connectivity index (χ3n) is 3.56. The lowest BCUT2D eigenvalue weighted by molar-refractivity contribution is -0.303. The normalized spacial score (nSPS) is 18.7. The number of hydrogen-bond acceptors (Lipinski definition) is 8. The quantitative estimate of drug-likeness (QED) is 0.634. The molecule has 0 aromatic heterocycles. The van der Waals surface area contributed by atoms with Gasteiger partial charge in [-0.3, -0.25) is 0 Å². The van der Waals surface area contributed by atoms with Crippen LogP contribution in [0.2, 0.25) is 0 Å². The van der Waals surface area contributed by atoms with Gasteiger partial charge in [-0.2, -0.15) is 0 Å². The van der Waals surface area contributed by atoms with Crippen LogP contribution in [0.1, 0.15) is 0 Å². The molecule has 2 atom stereocenters. The van der Waals surface area contributed by atoms with E-state index in [4.69, 9.17) is 28.4 Å². The van der Waals surface area contributed by atoms with Gasteiger partial charge in [-0.15, -0.1) is 0 Å². The fourth-order valence-corrected chi connectivity index (χ4v) is 2.31. The summed E-state index contributed by atoms with van der Waals surface area (Å²) in [7, 11) is 0. The van der Waals surface area contributed by atoms with Crippen LogP contribution in [0, 0.1) is 0 Å². The zero-order valence-electron chi connectivity index (χ0n) is 15.0. The Morgan fingerprint density at radius 3 is 1.50 bits per heavy atom. The Kier molecular flexibility index (Phi) is 7.22. The van der Waals surface area contributed by atoms with Gasteiger partial charge in [0.2, 0.25) is 0 Å². The summed E-state index contributed by atoms with van der Waals surface area (Å²) >= 11 is 0. The van der Waals surface area contributed by atoms with Crippen molar-refractivity contribution in [2.45, 2.75) is 12.6 Å². The highest BCUT2D eigenvalue weighted by atomic mass is 16.8. The molecule has 0 N–H and O–H groups in total. The first kappa shape index (κ1) is 19.7. The van der Waals surface area contributed by atoms with Crippen LogP contribution in [0.4, 0.5) is 0 Å². The minimum atomic E-state index is -1.18. The van der Waals surface area contributed by atoms with Crippen molar-refractivity contribution in [3.63, 3.8) is 0 Å². The molecule has 0 radical (unpaired) electrons. The second-order valence-electron chi connectivity index (χ2n) is 5.66. The van der Waals surface area contributed by atoms with E-state index in [0.29, 0.717) is 11.5 Å². The van der Waals surface area contributed by atoms with Gasteiger partial charge in [0.25, 0.3) is 12.6 Å². The molecule has 1 fully saturated rings. The largest absolute Gasteiger partial charge is 0.482 e. The zero-order chi connectivity index (χ0) is 19.6. The summed E-state index contributed by atoms with van der Waals surface area (Å²) in [6, 6.07) is 17.7. The minimum Gasteiger partial charge on any atom is -0.482 e. The monoisotopic (exact) mass is 388 g/mol. The Morgan fingerprint density at radius 1 is 0.714 bits per heavy atom. The molecule has 2 aromatic rings. The molecule has 0 spiro atoms. The molecule has 0 amide bonds. The number of carbonyl (C=O) groups is 2. The van der Waals surface area contributed by atoms with E-state index in [-0.39, 0.29) is 26.4 Å². The van der Waals surface area contributed by atoms with Crippen LogP contribution < -0.4 is 9.47 Å². The molecule has 1 aliphatic rings. The van der Waals surface area contributed by atoms with Crippen LogP contribution in [0.5, 0.6) is 11.5 Å². The maximum absolute atomic E-state index is 12.0. The van der Waals surface area contributed by atoms with Crippen molar-refractivity contribution in [1.82, 2.24) is 0 Å². The SMILES string of the molecule is O=C(COc1ccccc1)OC1OCCOC1OC(=O)COc1ccccc1. The molecule has 1 saturated heterocycles. The van der Waals surface area contributed by atoms with E-state index in [1.54, 1.807) is 48.5 Å². The summed E-state index contributed by atoms with van der Waals surface area (Å²) in [5.74, 6) is -0.301. The number of rotatable bonds is 8. The third-order valence-corrected chi connectivity index (χ3v) is 3.56. The molecule has 148 valence electrons. The molecule has 2 unspecified atom stereocenters. The van der Waals surface area contributed by atoms with Crippen molar-refractivity contribution >= 4 is 11.9 Å². The average Bonchev–Trinajstić information content (AvgIpc) is 2.74. The molecular weight excluding hydrogens is 368 g/mol. The molecule has 1 heterocycles. The van der Waals surface area contributed by atoms with Gasteiger partial charge in [0.05, 0.1) is 13.2 Å². The van der Waals surface area contributed by atoms with Crippen LogP contribution in [0.15, 0.2) is 60.7 Å². The lowest BCUT2D eigenvalue weighted by Crippen LogP contribution is -2.45. The second-order valence-corrected chi connectivity index (χ2v) is 5.66. The van der Waals surface area contributed by atoms with Crippen LogP contribution in [0.3, 0.4) is 0 Å². The van der Waals surface area contributed by atoms with E-state index in [1.807, 2.05) is 12.1 Å². The van der Waals surface area contributed by atoms with Crippen molar-refractivity contribution in [2.75, 3.05) is 26.4 Å². The second kappa shape index (κ2) is 10.3. The van der Waals surface area contributed by atoms with E-state index >= 15 is 0 Å². The number of hydrogen-bond donors (Lipinski definition) is 0. The summed E-state index contributed by atoms with van der Waals surface area (Å²) in [4.78, 5) is 24.0. The molecule has 0 saturated carbocycles. The smallest absolute Gasteiger partial charge is 0.346 e. The zero-order valence-corrected chi connectivity index (χ0v) is 15.0. The van der Waals surface area contributed by atoms with Crippen LogP contribution >= 0.6 is 0 Å². The van der Waals surface area contributed by atoms with Gasteiger partial charge in [-0.25, -0.2) is 9.59 Å². The predicted octanol–water partition coefficient (Wildman–Crippen LogP) is 1.93. The first-order valence-electron chi connectivity index (χ1n) is 8.68. The fourth-order valence-electron chi connectivity index (χ4n) is 2.31. The topological polar surface area (TPSA) is 89.5 Å². The van der Waals surface area contributed by atoms with Crippen molar-refractivity contribution in [3.8, 4) is 11.5 Å². The molecule has 1 aliphatic heterocycles. The average molecular weight is 388 g/mol. The summed E-state index contributed by atoms with van der Waals surface area (Å²) in [5, 5.41) is 0. The lowest BCUT2D eigenvalue weighted by atomic mass is 10.3. The summed E-state index contributed by atoms with van der Waals surface area (Å²) in [6.45, 7) is -0.235. The Hall–Kier alpha value is -3.10. The van der Waals surface area contributed by atoms with Crippen molar-refractivity contribution in [1.29, 1.82) is 0 Å². The van der Waals surface area contributed by atoms with E-state index in [9.17, 15) is 9.59 Å². The van der Waals surface area contributed by atoms with Crippen molar-refractivity contribution < 1.29 is 38.0 Å². The first-order chi connectivity index (χ1) is 13.7. The number of carbonyl (C=O) groups excluding carboxylic acids is 2. The van der Waals surface area contributed by atoms with Crippen LogP contribution in [0.25, 0.3) is 0 Å². The number of benzene rings is 2. The van der Waals surface area contributed by atoms with Gasteiger partial charge in [-0.05, 0) is 24.3 Å². The molecule has 8 nitrogen and oxygen atoms in total. The van der Waals surface area contributed by atoms with Gasteiger partial charge in [-0.1, -0.05) is 36.4 Å². The predicted molar refractivity (Wildman–Crippen MR) is 95.5 cm³/mol. The van der Waals surface area contributed by atoms with E-state index in [1.165, 1.54) is 0 Å². The summed E-state index contributed by atoms with van der Waals surface area (Å²) in [5.41, 5.74) is 0. The highest BCUT2D eigenvalue weighted by molar-refractivity contribution is 5.72. The Labute approximate surface area is 161 Å². The maximum Gasteiger partial charge on any atom is 0.346 e. The standard InChI is InChI=1S/C20H20O8/c21-17(13-25-15-7-3-1-4-8-15)27-19-20(24-12-11-23-19)28-18(22)14-26-16-9-5-2-6-10-16/h1-10,19-20H,11-14H2. The molecule has 2 aromatic carbocycles. The third kappa shape index (κ3) is 6.26. The van der Waals surface area contributed by atoms with Gasteiger partial charge < -0.3 is 28.4 Å². The number of ether oxygens (including phenoxy) is 6. The molecular formula is C20H20O8. The van der Waals surface area contributed by atoms with Crippen molar-refractivity contribution in [3.05, 3.63) is 60.7 Å². The number of para-hydroxylation sites is 2. The van der Waals surface area contributed by atoms with Gasteiger partial charge in [0.1, 0.15) is 11.5 Å². The number of esters is 2. The summed E-state index contributed by atoms with van der Waals surface area (Å²) < 4.78 is 31.6. The van der Waals surface area contributed by atoms with Gasteiger partial charge >= 0.3 is 11.9 Å². The Balaban J connectivity index is 1.45. The molecule has 8 heteroatoms. The van der Waals surface area contributed by atoms with Crippen LogP contribution in [-0.4, -0.2) is 50.9 Å². The highest BCUT2D eigenvalue weighted by Crippen LogP contribution is 2.15. The maximum atomic E-state index is 12.0. The van der Waals surface area contributed by atoms with Gasteiger partial charge in [0.15, 0.2) is 13.2 Å². The summed E-state index contributed by atoms with van der Waals surface area (Å²) in [6.07, 6.45) is -2.36.